The number of carbonyl (C=O) groups excluding carboxylic acids is 1. The van der Waals surface area contributed by atoms with Crippen LogP contribution in [0.1, 0.15) is 31.4 Å². The Balaban J connectivity index is 2.28. The van der Waals surface area contributed by atoms with Crippen LogP contribution < -0.4 is 4.74 Å². The third-order valence-corrected chi connectivity index (χ3v) is 3.32. The van der Waals surface area contributed by atoms with Gasteiger partial charge in [-0.05, 0) is 44.7 Å². The molecule has 2 rings (SSSR count). The number of fused-ring (bicyclic) bond motifs is 1. The Morgan fingerprint density at radius 1 is 1.45 bits per heavy atom. The quantitative estimate of drug-likeness (QED) is 0.470. The van der Waals surface area contributed by atoms with E-state index in [1.807, 2.05) is 6.07 Å². The second kappa shape index (κ2) is 5.90. The monoisotopic (exact) mass is 279 g/mol. The number of aryl methyl sites for hydroxylation is 1. The highest BCUT2D eigenvalue weighted by Gasteiger charge is 2.29. The number of carbonyl (C=O) groups is 1. The minimum absolute atomic E-state index is 0.0175. The van der Waals surface area contributed by atoms with Gasteiger partial charge in [0.15, 0.2) is 11.9 Å². The number of hydrogen-bond donors (Lipinski definition) is 0. The van der Waals surface area contributed by atoms with Crippen LogP contribution in [-0.4, -0.2) is 23.6 Å². The van der Waals surface area contributed by atoms with E-state index in [0.29, 0.717) is 6.42 Å². The van der Waals surface area contributed by atoms with E-state index >= 15 is 0 Å². The summed E-state index contributed by atoms with van der Waals surface area (Å²) in [5.41, 5.74) is 1.70. The Kier molecular flexibility index (Phi) is 4.22. The molecule has 1 aromatic rings. The van der Waals surface area contributed by atoms with Gasteiger partial charge >= 0.3 is 11.7 Å². The van der Waals surface area contributed by atoms with E-state index in [4.69, 9.17) is 9.47 Å². The number of rotatable bonds is 5. The van der Waals surface area contributed by atoms with E-state index in [-0.39, 0.29) is 18.0 Å². The van der Waals surface area contributed by atoms with Crippen molar-refractivity contribution >= 4 is 11.7 Å². The van der Waals surface area contributed by atoms with Crippen LogP contribution in [0.15, 0.2) is 12.1 Å². The fraction of sp³-hybridized carbons (Fsp3) is 0.500. The molecule has 1 aliphatic rings. The number of nitro benzene ring substituents is 1. The van der Waals surface area contributed by atoms with Crippen molar-refractivity contribution in [3.05, 3.63) is 33.4 Å². The smallest absolute Gasteiger partial charge is 0.347 e. The fourth-order valence-electron chi connectivity index (χ4n) is 2.42. The molecule has 6 nitrogen and oxygen atoms in total. The molecule has 1 unspecified atom stereocenters. The molecule has 0 aliphatic heterocycles. The normalized spacial score (nSPS) is 14.5. The number of nitro groups is 1. The summed E-state index contributed by atoms with van der Waals surface area (Å²) in [5.74, 6) is -0.390. The largest absolute Gasteiger partial charge is 0.472 e. The van der Waals surface area contributed by atoms with Crippen molar-refractivity contribution in [2.24, 2.45) is 0 Å². The van der Waals surface area contributed by atoms with E-state index in [2.05, 4.69) is 0 Å². The Labute approximate surface area is 116 Å². The van der Waals surface area contributed by atoms with E-state index in [0.717, 1.165) is 24.0 Å². The number of nitrogens with zero attached hydrogens (tertiary/aromatic N) is 1. The Morgan fingerprint density at radius 3 is 2.85 bits per heavy atom. The number of esters is 1. The van der Waals surface area contributed by atoms with E-state index in [1.165, 1.54) is 6.92 Å². The number of benzene rings is 1. The van der Waals surface area contributed by atoms with Crippen LogP contribution in [-0.2, 0) is 22.4 Å². The molecule has 20 heavy (non-hydrogen) atoms. The van der Waals surface area contributed by atoms with Gasteiger partial charge in [-0.25, -0.2) is 4.79 Å². The van der Waals surface area contributed by atoms with Crippen molar-refractivity contribution in [1.82, 2.24) is 0 Å². The molecule has 0 fully saturated rings. The maximum atomic E-state index is 11.5. The van der Waals surface area contributed by atoms with Gasteiger partial charge in [0.2, 0.25) is 0 Å². The molecule has 0 N–H and O–H groups in total. The number of hydrogen-bond acceptors (Lipinski definition) is 5. The first-order chi connectivity index (χ1) is 9.54. The molecule has 6 heteroatoms. The van der Waals surface area contributed by atoms with Crippen LogP contribution in [0.3, 0.4) is 0 Å². The zero-order valence-corrected chi connectivity index (χ0v) is 11.5. The molecule has 0 bridgehead atoms. The molecule has 0 heterocycles. The van der Waals surface area contributed by atoms with Crippen molar-refractivity contribution < 1.29 is 19.2 Å². The van der Waals surface area contributed by atoms with Crippen molar-refractivity contribution in [1.29, 1.82) is 0 Å². The SMILES string of the molecule is CCOC(=O)C(C)Oc1ccc2c(c1[N+](=O)[O-])CCC2. The highest BCUT2D eigenvalue weighted by molar-refractivity contribution is 5.75. The lowest BCUT2D eigenvalue weighted by Crippen LogP contribution is -2.26. The zero-order chi connectivity index (χ0) is 14.7. The van der Waals surface area contributed by atoms with E-state index in [9.17, 15) is 14.9 Å². The van der Waals surface area contributed by atoms with Crippen molar-refractivity contribution in [3.63, 3.8) is 0 Å². The first kappa shape index (κ1) is 14.3. The van der Waals surface area contributed by atoms with Crippen molar-refractivity contribution in [2.45, 2.75) is 39.2 Å². The number of ether oxygens (including phenoxy) is 2. The summed E-state index contributed by atoms with van der Waals surface area (Å²) in [6.07, 6.45) is 1.57. The van der Waals surface area contributed by atoms with Gasteiger partial charge in [-0.1, -0.05) is 6.07 Å². The van der Waals surface area contributed by atoms with Gasteiger partial charge in [0.1, 0.15) is 0 Å². The van der Waals surface area contributed by atoms with Gasteiger partial charge in [-0.2, -0.15) is 0 Å². The van der Waals surface area contributed by atoms with Gasteiger partial charge in [0.05, 0.1) is 11.5 Å². The van der Waals surface area contributed by atoms with Crippen molar-refractivity contribution in [3.8, 4) is 5.75 Å². The van der Waals surface area contributed by atoms with Crippen LogP contribution in [0.25, 0.3) is 0 Å². The summed E-state index contributed by atoms with van der Waals surface area (Å²) in [5, 5.41) is 11.3. The third-order valence-electron chi connectivity index (χ3n) is 3.32. The van der Waals surface area contributed by atoms with Gasteiger partial charge in [-0.3, -0.25) is 10.1 Å². The van der Waals surface area contributed by atoms with Gasteiger partial charge in [-0.15, -0.1) is 0 Å². The standard InChI is InChI=1S/C14H17NO5/c1-3-19-14(16)9(2)20-12-8-7-10-5-4-6-11(10)13(12)15(17)18/h7-9H,3-6H2,1-2H3. The second-order valence-electron chi connectivity index (χ2n) is 4.67. The third kappa shape index (κ3) is 2.74. The lowest BCUT2D eigenvalue weighted by Gasteiger charge is -2.14. The highest BCUT2D eigenvalue weighted by Crippen LogP contribution is 2.38. The summed E-state index contributed by atoms with van der Waals surface area (Å²) >= 11 is 0. The van der Waals surface area contributed by atoms with E-state index in [1.54, 1.807) is 13.0 Å². The lowest BCUT2D eigenvalue weighted by atomic mass is 10.1. The van der Waals surface area contributed by atoms with Gasteiger partial charge in [0.25, 0.3) is 0 Å². The first-order valence-corrected chi connectivity index (χ1v) is 6.67. The van der Waals surface area contributed by atoms with Gasteiger partial charge in [0, 0.05) is 5.56 Å². The minimum atomic E-state index is -0.867. The topological polar surface area (TPSA) is 78.7 Å². The Bertz CT molecular complexity index is 541. The summed E-state index contributed by atoms with van der Waals surface area (Å²) in [4.78, 5) is 22.4. The predicted molar refractivity (Wildman–Crippen MR) is 71.8 cm³/mol. The second-order valence-corrected chi connectivity index (χ2v) is 4.67. The minimum Gasteiger partial charge on any atom is -0.472 e. The molecule has 0 saturated heterocycles. The van der Waals surface area contributed by atoms with Crippen LogP contribution in [0, 0.1) is 10.1 Å². The zero-order valence-electron chi connectivity index (χ0n) is 11.5. The molecular formula is C14H17NO5. The molecule has 0 saturated carbocycles. The molecule has 0 spiro atoms. The average molecular weight is 279 g/mol. The fourth-order valence-corrected chi connectivity index (χ4v) is 2.42. The first-order valence-electron chi connectivity index (χ1n) is 6.67. The van der Waals surface area contributed by atoms with E-state index < -0.39 is 17.0 Å². The molecule has 1 atom stereocenters. The molecule has 0 amide bonds. The van der Waals surface area contributed by atoms with Crippen molar-refractivity contribution in [2.75, 3.05) is 6.61 Å². The summed E-state index contributed by atoms with van der Waals surface area (Å²) < 4.78 is 10.3. The van der Waals surface area contributed by atoms with Crippen LogP contribution in [0.4, 0.5) is 5.69 Å². The molecule has 0 radical (unpaired) electrons. The summed E-state index contributed by atoms with van der Waals surface area (Å²) in [7, 11) is 0. The highest BCUT2D eigenvalue weighted by atomic mass is 16.6. The average Bonchev–Trinajstić information content (AvgIpc) is 2.86. The Morgan fingerprint density at radius 2 is 2.20 bits per heavy atom. The van der Waals surface area contributed by atoms with Gasteiger partial charge < -0.3 is 9.47 Å². The maximum Gasteiger partial charge on any atom is 0.347 e. The molecule has 1 aromatic carbocycles. The molecule has 108 valence electrons. The summed E-state index contributed by atoms with van der Waals surface area (Å²) in [6.45, 7) is 3.47. The van der Waals surface area contributed by atoms with Crippen LogP contribution in [0.5, 0.6) is 5.75 Å². The maximum absolute atomic E-state index is 11.5. The molecule has 1 aliphatic carbocycles. The lowest BCUT2D eigenvalue weighted by molar-refractivity contribution is -0.386. The predicted octanol–water partition coefficient (Wildman–Crippen LogP) is 2.41. The Hall–Kier alpha value is -2.11. The summed E-state index contributed by atoms with van der Waals surface area (Å²) in [6, 6.07) is 3.40. The van der Waals surface area contributed by atoms with Crippen LogP contribution in [0.2, 0.25) is 0 Å². The molecular weight excluding hydrogens is 262 g/mol. The molecule has 0 aromatic heterocycles. The van der Waals surface area contributed by atoms with Crippen LogP contribution >= 0.6 is 0 Å².